The molecule has 1 atom stereocenters. The highest BCUT2D eigenvalue weighted by Gasteiger charge is 2.24. The van der Waals surface area contributed by atoms with Crippen molar-refractivity contribution < 1.29 is 18.7 Å². The number of amides is 2. The summed E-state index contributed by atoms with van der Waals surface area (Å²) in [6, 6.07) is 11.0. The van der Waals surface area contributed by atoms with Crippen LogP contribution in [0.1, 0.15) is 22.3 Å². The van der Waals surface area contributed by atoms with Gasteiger partial charge in [0.15, 0.2) is 6.10 Å². The topological polar surface area (TPSA) is 80.3 Å². The number of aromatic nitrogens is 1. The van der Waals surface area contributed by atoms with Crippen LogP contribution in [0, 0.1) is 12.7 Å². The highest BCUT2D eigenvalue weighted by molar-refractivity contribution is 7.17. The SMILES string of the molecule is Cc1nc(-c2ccc(F)cc2)sc1C(=O)Nc1ccc2c(c1)NC(=O)[C@H](C)O2. The molecule has 8 heteroatoms. The Morgan fingerprint density at radius 3 is 2.75 bits per heavy atom. The zero-order chi connectivity index (χ0) is 19.8. The van der Waals surface area contributed by atoms with Gasteiger partial charge in [-0.3, -0.25) is 9.59 Å². The second-order valence-electron chi connectivity index (χ2n) is 6.35. The molecule has 2 N–H and O–H groups in total. The number of fused-ring (bicyclic) bond motifs is 1. The number of hydrogen-bond donors (Lipinski definition) is 2. The fraction of sp³-hybridized carbons (Fsp3) is 0.150. The standard InChI is InChI=1S/C20H16FN3O3S/c1-10-17(28-20(22-10)12-3-5-13(21)6-4-12)19(26)23-14-7-8-16-15(9-14)24-18(25)11(2)27-16/h3-9,11H,1-2H3,(H,23,26)(H,24,25)/t11-/m0/s1. The van der Waals surface area contributed by atoms with E-state index in [1.807, 2.05) is 0 Å². The molecule has 0 bridgehead atoms. The molecule has 1 aromatic heterocycles. The van der Waals surface area contributed by atoms with Gasteiger partial charge >= 0.3 is 0 Å². The van der Waals surface area contributed by atoms with Crippen LogP contribution in [0.15, 0.2) is 42.5 Å². The van der Waals surface area contributed by atoms with Crippen molar-refractivity contribution in [3.63, 3.8) is 0 Å². The van der Waals surface area contributed by atoms with E-state index >= 15 is 0 Å². The number of nitrogens with one attached hydrogen (secondary N) is 2. The highest BCUT2D eigenvalue weighted by atomic mass is 32.1. The molecule has 28 heavy (non-hydrogen) atoms. The molecular formula is C20H16FN3O3S. The van der Waals surface area contributed by atoms with Crippen molar-refractivity contribution in [3.8, 4) is 16.3 Å². The Labute approximate surface area is 164 Å². The number of halogens is 1. The fourth-order valence-corrected chi connectivity index (χ4v) is 3.76. The third-order valence-corrected chi connectivity index (χ3v) is 5.47. The molecular weight excluding hydrogens is 381 g/mol. The van der Waals surface area contributed by atoms with Crippen LogP contribution in [0.3, 0.4) is 0 Å². The summed E-state index contributed by atoms with van der Waals surface area (Å²) in [5, 5.41) is 6.20. The average molecular weight is 397 g/mol. The van der Waals surface area contributed by atoms with Gasteiger partial charge in [-0.15, -0.1) is 11.3 Å². The number of nitrogens with zero attached hydrogens (tertiary/aromatic N) is 1. The normalized spacial score (nSPS) is 15.4. The second kappa shape index (κ2) is 7.05. The lowest BCUT2D eigenvalue weighted by atomic mass is 10.2. The van der Waals surface area contributed by atoms with Crippen LogP contribution in [0.25, 0.3) is 10.6 Å². The van der Waals surface area contributed by atoms with Crippen molar-refractivity contribution in [1.29, 1.82) is 0 Å². The van der Waals surface area contributed by atoms with Crippen LogP contribution in [0.2, 0.25) is 0 Å². The van der Waals surface area contributed by atoms with Gasteiger partial charge in [0.2, 0.25) is 0 Å². The van der Waals surface area contributed by atoms with E-state index in [9.17, 15) is 14.0 Å². The number of carbonyl (C=O) groups excluding carboxylic acids is 2. The van der Waals surface area contributed by atoms with Crippen molar-refractivity contribution >= 4 is 34.5 Å². The van der Waals surface area contributed by atoms with E-state index in [1.54, 1.807) is 44.2 Å². The first kappa shape index (κ1) is 18.1. The molecule has 6 nitrogen and oxygen atoms in total. The van der Waals surface area contributed by atoms with Crippen LogP contribution in [0.4, 0.5) is 15.8 Å². The zero-order valence-electron chi connectivity index (χ0n) is 15.1. The first-order valence-corrected chi connectivity index (χ1v) is 9.38. The van der Waals surface area contributed by atoms with Gasteiger partial charge in [0.05, 0.1) is 11.4 Å². The van der Waals surface area contributed by atoms with Gasteiger partial charge in [0.25, 0.3) is 11.8 Å². The molecule has 0 aliphatic carbocycles. The van der Waals surface area contributed by atoms with Gasteiger partial charge < -0.3 is 15.4 Å². The number of carbonyl (C=O) groups is 2. The Kier molecular flexibility index (Phi) is 4.56. The summed E-state index contributed by atoms with van der Waals surface area (Å²) in [5.41, 5.74) is 2.37. The van der Waals surface area contributed by atoms with Crippen molar-refractivity contribution in [3.05, 3.63) is 58.9 Å². The molecule has 0 unspecified atom stereocenters. The molecule has 3 aromatic rings. The first-order valence-electron chi connectivity index (χ1n) is 8.57. The molecule has 0 spiro atoms. The molecule has 4 rings (SSSR count). The third-order valence-electron chi connectivity index (χ3n) is 4.26. The van der Waals surface area contributed by atoms with E-state index in [2.05, 4.69) is 15.6 Å². The predicted molar refractivity (Wildman–Crippen MR) is 105 cm³/mol. The number of ether oxygens (including phenoxy) is 1. The minimum atomic E-state index is -0.558. The Morgan fingerprint density at radius 1 is 1.25 bits per heavy atom. The van der Waals surface area contributed by atoms with E-state index in [0.717, 1.165) is 5.56 Å². The summed E-state index contributed by atoms with van der Waals surface area (Å²) in [7, 11) is 0. The van der Waals surface area contributed by atoms with Crippen LogP contribution < -0.4 is 15.4 Å². The minimum Gasteiger partial charge on any atom is -0.479 e. The second-order valence-corrected chi connectivity index (χ2v) is 7.35. The third kappa shape index (κ3) is 3.46. The van der Waals surface area contributed by atoms with Crippen LogP contribution in [0.5, 0.6) is 5.75 Å². The van der Waals surface area contributed by atoms with Gasteiger partial charge in [-0.2, -0.15) is 0 Å². The Balaban J connectivity index is 1.55. The summed E-state index contributed by atoms with van der Waals surface area (Å²) < 4.78 is 18.6. The van der Waals surface area contributed by atoms with E-state index in [1.165, 1.54) is 23.5 Å². The Hall–Kier alpha value is -3.26. The molecule has 1 aliphatic heterocycles. The molecule has 2 amide bonds. The van der Waals surface area contributed by atoms with Gasteiger partial charge in [0.1, 0.15) is 21.5 Å². The lowest BCUT2D eigenvalue weighted by Gasteiger charge is -2.23. The van der Waals surface area contributed by atoms with Crippen molar-refractivity contribution in [2.45, 2.75) is 20.0 Å². The predicted octanol–water partition coefficient (Wildman–Crippen LogP) is 4.23. The molecule has 142 valence electrons. The average Bonchev–Trinajstić information content (AvgIpc) is 3.05. The fourth-order valence-electron chi connectivity index (χ4n) is 2.80. The van der Waals surface area contributed by atoms with Crippen LogP contribution >= 0.6 is 11.3 Å². The van der Waals surface area contributed by atoms with Gasteiger partial charge in [0, 0.05) is 11.3 Å². The van der Waals surface area contributed by atoms with E-state index < -0.39 is 6.10 Å². The number of aryl methyl sites for hydroxylation is 1. The molecule has 1 aliphatic rings. The lowest BCUT2D eigenvalue weighted by molar-refractivity contribution is -0.122. The van der Waals surface area contributed by atoms with E-state index in [4.69, 9.17) is 4.74 Å². The van der Waals surface area contributed by atoms with E-state index in [0.29, 0.717) is 32.7 Å². The maximum atomic E-state index is 13.1. The van der Waals surface area contributed by atoms with Gasteiger partial charge in [-0.1, -0.05) is 0 Å². The largest absolute Gasteiger partial charge is 0.479 e. The number of hydrogen-bond acceptors (Lipinski definition) is 5. The Bertz CT molecular complexity index is 1080. The Morgan fingerprint density at radius 2 is 2.00 bits per heavy atom. The molecule has 0 saturated heterocycles. The molecule has 2 heterocycles. The lowest BCUT2D eigenvalue weighted by Crippen LogP contribution is -2.34. The molecule has 0 fully saturated rings. The first-order chi connectivity index (χ1) is 13.4. The van der Waals surface area contributed by atoms with Crippen molar-refractivity contribution in [1.82, 2.24) is 4.98 Å². The summed E-state index contributed by atoms with van der Waals surface area (Å²) in [6.45, 7) is 3.42. The summed E-state index contributed by atoms with van der Waals surface area (Å²) >= 11 is 1.24. The van der Waals surface area contributed by atoms with E-state index in [-0.39, 0.29) is 17.6 Å². The zero-order valence-corrected chi connectivity index (χ0v) is 15.9. The summed E-state index contributed by atoms with van der Waals surface area (Å²) in [5.74, 6) is -0.316. The van der Waals surface area contributed by atoms with Crippen LogP contribution in [-0.2, 0) is 4.79 Å². The number of rotatable bonds is 3. The highest BCUT2D eigenvalue weighted by Crippen LogP contribution is 2.33. The van der Waals surface area contributed by atoms with Crippen LogP contribution in [-0.4, -0.2) is 22.9 Å². The monoisotopic (exact) mass is 397 g/mol. The quantitative estimate of drug-likeness (QED) is 0.693. The number of benzene rings is 2. The maximum absolute atomic E-state index is 13.1. The smallest absolute Gasteiger partial charge is 0.267 e. The van der Waals surface area contributed by atoms with Crippen molar-refractivity contribution in [2.24, 2.45) is 0 Å². The number of thiazole rings is 1. The summed E-state index contributed by atoms with van der Waals surface area (Å²) in [4.78, 5) is 29.3. The van der Waals surface area contributed by atoms with Gasteiger partial charge in [-0.25, -0.2) is 9.37 Å². The number of anilines is 2. The summed E-state index contributed by atoms with van der Waals surface area (Å²) in [6.07, 6.45) is -0.558. The maximum Gasteiger partial charge on any atom is 0.267 e. The van der Waals surface area contributed by atoms with Crippen molar-refractivity contribution in [2.75, 3.05) is 10.6 Å². The van der Waals surface area contributed by atoms with Gasteiger partial charge in [-0.05, 0) is 56.3 Å². The molecule has 2 aromatic carbocycles. The molecule has 0 saturated carbocycles. The molecule has 0 radical (unpaired) electrons. The minimum absolute atomic E-state index is 0.238.